The zero-order chi connectivity index (χ0) is 14.9. The van der Waals surface area contributed by atoms with Crippen LogP contribution in [0.4, 0.5) is 5.82 Å². The van der Waals surface area contributed by atoms with E-state index in [9.17, 15) is 15.0 Å². The van der Waals surface area contributed by atoms with Gasteiger partial charge in [0.15, 0.2) is 6.23 Å². The maximum absolute atomic E-state index is 11.8. The Morgan fingerprint density at radius 2 is 2.05 bits per heavy atom. The lowest BCUT2D eigenvalue weighted by Crippen LogP contribution is -2.36. The molecule has 1 aliphatic rings. The summed E-state index contributed by atoms with van der Waals surface area (Å²) in [5.74, 6) is -0.00737. The van der Waals surface area contributed by atoms with Gasteiger partial charge in [0.05, 0.1) is 6.61 Å². The Morgan fingerprint density at radius 1 is 1.35 bits per heavy atom. The first-order valence-corrected chi connectivity index (χ1v) is 6.10. The van der Waals surface area contributed by atoms with Gasteiger partial charge in [-0.25, -0.2) is 4.79 Å². The Kier molecular flexibility index (Phi) is 4.35. The van der Waals surface area contributed by atoms with Crippen LogP contribution in [0.2, 0.25) is 0 Å². The molecule has 1 aromatic heterocycles. The standard InChI is InChI=1S/C11H17N3O6/c12-9-5(1-2-15)3-14(11(19)13-9)10-8(18)7(17)6(4-16)20-10/h3,6-8,10,15-18H,1-2,4H2,(H2,12,13,19)/t6-,7?,8?,10-/m1/s1. The van der Waals surface area contributed by atoms with Crippen LogP contribution in [0.25, 0.3) is 0 Å². The maximum atomic E-state index is 11.8. The Labute approximate surface area is 113 Å². The lowest BCUT2D eigenvalue weighted by atomic mass is 10.1. The summed E-state index contributed by atoms with van der Waals surface area (Å²) in [5.41, 5.74) is 5.23. The van der Waals surface area contributed by atoms with E-state index in [1.54, 1.807) is 0 Å². The molecule has 0 amide bonds. The molecule has 20 heavy (non-hydrogen) atoms. The van der Waals surface area contributed by atoms with Crippen molar-refractivity contribution in [3.8, 4) is 0 Å². The smallest absolute Gasteiger partial charge is 0.351 e. The first-order chi connectivity index (χ1) is 9.49. The molecule has 2 rings (SSSR count). The fraction of sp³-hybridized carbons (Fsp3) is 0.636. The summed E-state index contributed by atoms with van der Waals surface area (Å²) in [4.78, 5) is 15.4. The van der Waals surface area contributed by atoms with E-state index in [0.717, 1.165) is 4.57 Å². The van der Waals surface area contributed by atoms with Gasteiger partial charge in [-0.15, -0.1) is 0 Å². The van der Waals surface area contributed by atoms with Gasteiger partial charge in [-0.2, -0.15) is 4.98 Å². The van der Waals surface area contributed by atoms with Gasteiger partial charge in [0.2, 0.25) is 0 Å². The fourth-order valence-corrected chi connectivity index (χ4v) is 2.13. The van der Waals surface area contributed by atoms with Gasteiger partial charge in [0.1, 0.15) is 24.1 Å². The zero-order valence-electron chi connectivity index (χ0n) is 10.6. The quantitative estimate of drug-likeness (QED) is 0.392. The zero-order valence-corrected chi connectivity index (χ0v) is 10.6. The van der Waals surface area contributed by atoms with E-state index in [1.165, 1.54) is 6.20 Å². The van der Waals surface area contributed by atoms with Crippen molar-refractivity contribution in [1.29, 1.82) is 0 Å². The topological polar surface area (TPSA) is 151 Å². The van der Waals surface area contributed by atoms with Crippen LogP contribution in [0.15, 0.2) is 11.0 Å². The Balaban J connectivity index is 2.38. The van der Waals surface area contributed by atoms with Gasteiger partial charge in [-0.05, 0) is 0 Å². The second-order valence-electron chi connectivity index (χ2n) is 4.54. The maximum Gasteiger partial charge on any atom is 0.351 e. The van der Waals surface area contributed by atoms with Crippen LogP contribution in [0.5, 0.6) is 0 Å². The van der Waals surface area contributed by atoms with Crippen molar-refractivity contribution in [1.82, 2.24) is 9.55 Å². The molecule has 0 spiro atoms. The molecule has 2 unspecified atom stereocenters. The van der Waals surface area contributed by atoms with Crippen molar-refractivity contribution in [3.05, 3.63) is 22.2 Å². The number of aliphatic hydroxyl groups is 4. The predicted molar refractivity (Wildman–Crippen MR) is 66.7 cm³/mol. The molecule has 1 aromatic rings. The summed E-state index contributed by atoms with van der Waals surface area (Å²) in [6.07, 6.45) is -3.33. The number of ether oxygens (including phenoxy) is 1. The van der Waals surface area contributed by atoms with Gasteiger partial charge < -0.3 is 30.9 Å². The summed E-state index contributed by atoms with van der Waals surface area (Å²) in [5, 5.41) is 37.5. The van der Waals surface area contributed by atoms with E-state index in [-0.39, 0.29) is 18.8 Å². The summed E-state index contributed by atoms with van der Waals surface area (Å²) >= 11 is 0. The molecule has 9 nitrogen and oxygen atoms in total. The Morgan fingerprint density at radius 3 is 2.60 bits per heavy atom. The highest BCUT2D eigenvalue weighted by Gasteiger charge is 2.43. The monoisotopic (exact) mass is 287 g/mol. The molecule has 2 heterocycles. The average molecular weight is 287 g/mol. The van der Waals surface area contributed by atoms with Crippen LogP contribution < -0.4 is 11.4 Å². The molecule has 4 atom stereocenters. The third kappa shape index (κ3) is 2.53. The largest absolute Gasteiger partial charge is 0.396 e. The first-order valence-electron chi connectivity index (χ1n) is 6.10. The molecule has 1 fully saturated rings. The Hall–Kier alpha value is -1.52. The summed E-state index contributed by atoms with van der Waals surface area (Å²) < 4.78 is 6.24. The fourth-order valence-electron chi connectivity index (χ4n) is 2.13. The number of aromatic nitrogens is 2. The third-order valence-electron chi connectivity index (χ3n) is 3.23. The highest BCUT2D eigenvalue weighted by atomic mass is 16.6. The van der Waals surface area contributed by atoms with Crippen molar-refractivity contribution < 1.29 is 25.2 Å². The number of aliphatic hydroxyl groups excluding tert-OH is 4. The van der Waals surface area contributed by atoms with E-state index in [2.05, 4.69) is 4.98 Å². The molecule has 0 radical (unpaired) electrons. The molecular weight excluding hydrogens is 270 g/mol. The molecular formula is C11H17N3O6. The molecule has 9 heteroatoms. The van der Waals surface area contributed by atoms with Crippen LogP contribution in [-0.2, 0) is 11.2 Å². The average Bonchev–Trinajstić information content (AvgIpc) is 2.70. The van der Waals surface area contributed by atoms with Gasteiger partial charge >= 0.3 is 5.69 Å². The van der Waals surface area contributed by atoms with E-state index in [4.69, 9.17) is 20.7 Å². The van der Waals surface area contributed by atoms with Crippen molar-refractivity contribution in [2.24, 2.45) is 0 Å². The number of hydrogen-bond acceptors (Lipinski definition) is 8. The number of nitrogen functional groups attached to an aromatic ring is 1. The number of nitrogens with two attached hydrogens (primary N) is 1. The number of nitrogens with zero attached hydrogens (tertiary/aromatic N) is 2. The van der Waals surface area contributed by atoms with Gasteiger partial charge in [-0.1, -0.05) is 0 Å². The molecule has 1 aliphatic heterocycles. The van der Waals surface area contributed by atoms with E-state index < -0.39 is 36.8 Å². The van der Waals surface area contributed by atoms with Crippen LogP contribution in [-0.4, -0.2) is 61.5 Å². The second-order valence-corrected chi connectivity index (χ2v) is 4.54. The normalized spacial score (nSPS) is 29.8. The van der Waals surface area contributed by atoms with E-state index >= 15 is 0 Å². The SMILES string of the molecule is Nc1nc(=O)n([C@@H]2O[C@H](CO)C(O)C2O)cc1CCO. The molecule has 0 bridgehead atoms. The van der Waals surface area contributed by atoms with Crippen LogP contribution in [0, 0.1) is 0 Å². The third-order valence-corrected chi connectivity index (χ3v) is 3.23. The van der Waals surface area contributed by atoms with Gasteiger partial charge in [0.25, 0.3) is 0 Å². The minimum atomic E-state index is -1.38. The minimum Gasteiger partial charge on any atom is -0.396 e. The van der Waals surface area contributed by atoms with Gasteiger partial charge in [0, 0.05) is 24.8 Å². The Bertz CT molecular complexity index is 533. The van der Waals surface area contributed by atoms with Crippen LogP contribution in [0.1, 0.15) is 11.8 Å². The highest BCUT2D eigenvalue weighted by Crippen LogP contribution is 2.28. The summed E-state index contributed by atoms with van der Waals surface area (Å²) in [6, 6.07) is 0. The van der Waals surface area contributed by atoms with Crippen molar-refractivity contribution in [2.45, 2.75) is 31.0 Å². The highest BCUT2D eigenvalue weighted by molar-refractivity contribution is 5.36. The number of anilines is 1. The van der Waals surface area contributed by atoms with Crippen LogP contribution in [0.3, 0.4) is 0 Å². The lowest BCUT2D eigenvalue weighted by molar-refractivity contribution is -0.0550. The first kappa shape index (κ1) is 14.9. The molecule has 0 saturated carbocycles. The van der Waals surface area contributed by atoms with E-state index in [0.29, 0.717) is 5.56 Å². The lowest BCUT2D eigenvalue weighted by Gasteiger charge is -2.18. The van der Waals surface area contributed by atoms with Crippen molar-refractivity contribution in [3.63, 3.8) is 0 Å². The molecule has 6 N–H and O–H groups in total. The van der Waals surface area contributed by atoms with Crippen LogP contribution >= 0.6 is 0 Å². The summed E-state index contributed by atoms with van der Waals surface area (Å²) in [6.45, 7) is -0.671. The molecule has 0 aliphatic carbocycles. The molecule has 1 saturated heterocycles. The second kappa shape index (κ2) is 5.85. The van der Waals surface area contributed by atoms with Crippen molar-refractivity contribution in [2.75, 3.05) is 18.9 Å². The number of hydrogen-bond donors (Lipinski definition) is 5. The van der Waals surface area contributed by atoms with Gasteiger partial charge in [-0.3, -0.25) is 4.57 Å². The van der Waals surface area contributed by atoms with E-state index in [1.807, 2.05) is 0 Å². The summed E-state index contributed by atoms with van der Waals surface area (Å²) in [7, 11) is 0. The molecule has 0 aromatic carbocycles. The number of rotatable bonds is 4. The predicted octanol–water partition coefficient (Wildman–Crippen LogP) is -3.03. The van der Waals surface area contributed by atoms with Crippen molar-refractivity contribution >= 4 is 5.82 Å². The minimum absolute atomic E-state index is 0.00737. The molecule has 112 valence electrons.